The molecule has 1 fully saturated rings. The Morgan fingerprint density at radius 3 is 2.78 bits per heavy atom. The standard InChI is InChI=1S/C20H23FN4O2/c1-12-11-22-25(15-6-8-24(3)9-7-15)19(12)23-20(26)18-13(2)16-10-14(21)4-5-17(16)27-18/h4-5,10-11,15H,6-9H2,1-3H3,(H,23,26). The van der Waals surface area contributed by atoms with Crippen LogP contribution in [0.4, 0.5) is 10.2 Å². The average molecular weight is 370 g/mol. The molecular formula is C20H23FN4O2. The first kappa shape index (κ1) is 17.7. The van der Waals surface area contributed by atoms with Gasteiger partial charge in [-0.05, 0) is 65.0 Å². The van der Waals surface area contributed by atoms with Crippen molar-refractivity contribution >= 4 is 22.7 Å². The minimum absolute atomic E-state index is 0.200. The number of carbonyl (C=O) groups excluding carboxylic acids is 1. The fourth-order valence-corrected chi connectivity index (χ4v) is 3.69. The van der Waals surface area contributed by atoms with E-state index in [1.165, 1.54) is 12.1 Å². The molecular weight excluding hydrogens is 347 g/mol. The van der Waals surface area contributed by atoms with Gasteiger partial charge in [-0.1, -0.05) is 0 Å². The predicted octanol–water partition coefficient (Wildman–Crippen LogP) is 3.90. The summed E-state index contributed by atoms with van der Waals surface area (Å²) in [5.41, 5.74) is 2.03. The summed E-state index contributed by atoms with van der Waals surface area (Å²) in [6, 6.07) is 4.52. The number of likely N-dealkylation sites (tertiary alicyclic amines) is 1. The smallest absolute Gasteiger partial charge is 0.292 e. The number of halogens is 1. The van der Waals surface area contributed by atoms with Crippen molar-refractivity contribution in [1.29, 1.82) is 0 Å². The highest BCUT2D eigenvalue weighted by Gasteiger charge is 2.25. The van der Waals surface area contributed by atoms with Gasteiger partial charge in [-0.3, -0.25) is 4.79 Å². The number of fused-ring (bicyclic) bond motifs is 1. The zero-order valence-electron chi connectivity index (χ0n) is 15.8. The van der Waals surface area contributed by atoms with Crippen LogP contribution in [0.5, 0.6) is 0 Å². The van der Waals surface area contributed by atoms with Crippen molar-refractivity contribution in [2.45, 2.75) is 32.7 Å². The molecule has 0 spiro atoms. The number of benzene rings is 1. The fraction of sp³-hybridized carbons (Fsp3) is 0.400. The van der Waals surface area contributed by atoms with Crippen molar-refractivity contribution in [2.75, 3.05) is 25.5 Å². The Morgan fingerprint density at radius 1 is 1.30 bits per heavy atom. The van der Waals surface area contributed by atoms with E-state index < -0.39 is 0 Å². The largest absolute Gasteiger partial charge is 0.451 e. The molecule has 0 aliphatic carbocycles. The summed E-state index contributed by atoms with van der Waals surface area (Å²) in [5.74, 6) is 0.197. The number of nitrogens with one attached hydrogen (secondary N) is 1. The van der Waals surface area contributed by atoms with E-state index in [2.05, 4.69) is 22.4 Å². The molecule has 6 nitrogen and oxygen atoms in total. The van der Waals surface area contributed by atoms with E-state index in [-0.39, 0.29) is 23.5 Å². The zero-order chi connectivity index (χ0) is 19.1. The van der Waals surface area contributed by atoms with E-state index >= 15 is 0 Å². The Hall–Kier alpha value is -2.67. The van der Waals surface area contributed by atoms with E-state index in [4.69, 9.17) is 4.42 Å². The van der Waals surface area contributed by atoms with Crippen molar-refractivity contribution in [1.82, 2.24) is 14.7 Å². The number of aryl methyl sites for hydroxylation is 2. The van der Waals surface area contributed by atoms with Crippen LogP contribution < -0.4 is 5.32 Å². The van der Waals surface area contributed by atoms with Crippen molar-refractivity contribution in [3.8, 4) is 0 Å². The lowest BCUT2D eigenvalue weighted by molar-refractivity contribution is 0.0996. The summed E-state index contributed by atoms with van der Waals surface area (Å²) in [7, 11) is 2.11. The molecule has 0 saturated carbocycles. The van der Waals surface area contributed by atoms with Crippen LogP contribution in [0.25, 0.3) is 11.0 Å². The van der Waals surface area contributed by atoms with Gasteiger partial charge in [0.2, 0.25) is 0 Å². The Balaban J connectivity index is 1.62. The van der Waals surface area contributed by atoms with E-state index in [0.717, 1.165) is 31.5 Å². The van der Waals surface area contributed by atoms with Gasteiger partial charge in [0.1, 0.15) is 17.2 Å². The number of rotatable bonds is 3. The van der Waals surface area contributed by atoms with Gasteiger partial charge in [-0.25, -0.2) is 9.07 Å². The number of aromatic nitrogens is 2. The summed E-state index contributed by atoms with van der Waals surface area (Å²) in [6.07, 6.45) is 3.75. The summed E-state index contributed by atoms with van der Waals surface area (Å²) in [6.45, 7) is 5.70. The lowest BCUT2D eigenvalue weighted by atomic mass is 10.1. The SMILES string of the molecule is Cc1cnn(C2CCN(C)CC2)c1NC(=O)c1oc2ccc(F)cc2c1C. The van der Waals surface area contributed by atoms with E-state index in [1.54, 1.807) is 19.2 Å². The molecule has 1 aromatic carbocycles. The average Bonchev–Trinajstić information content (AvgIpc) is 3.17. The molecule has 0 radical (unpaired) electrons. The van der Waals surface area contributed by atoms with Crippen LogP contribution in [-0.4, -0.2) is 40.7 Å². The highest BCUT2D eigenvalue weighted by atomic mass is 19.1. The molecule has 0 unspecified atom stereocenters. The van der Waals surface area contributed by atoms with Crippen molar-refractivity contribution in [3.63, 3.8) is 0 Å². The van der Waals surface area contributed by atoms with Crippen molar-refractivity contribution < 1.29 is 13.6 Å². The number of hydrogen-bond acceptors (Lipinski definition) is 4. The van der Waals surface area contributed by atoms with Crippen LogP contribution in [0.3, 0.4) is 0 Å². The molecule has 1 N–H and O–H groups in total. The normalized spacial score (nSPS) is 16.1. The summed E-state index contributed by atoms with van der Waals surface area (Å²) in [5, 5.41) is 8.06. The molecule has 0 bridgehead atoms. The monoisotopic (exact) mass is 370 g/mol. The molecule has 0 atom stereocenters. The summed E-state index contributed by atoms with van der Waals surface area (Å²) >= 11 is 0. The molecule has 2 aromatic heterocycles. The lowest BCUT2D eigenvalue weighted by Crippen LogP contribution is -2.32. The fourth-order valence-electron chi connectivity index (χ4n) is 3.69. The topological polar surface area (TPSA) is 63.3 Å². The Bertz CT molecular complexity index is 999. The molecule has 7 heteroatoms. The molecule has 1 amide bonds. The first-order valence-electron chi connectivity index (χ1n) is 9.16. The van der Waals surface area contributed by atoms with Crippen LogP contribution in [0, 0.1) is 19.7 Å². The zero-order valence-corrected chi connectivity index (χ0v) is 15.8. The first-order chi connectivity index (χ1) is 12.9. The van der Waals surface area contributed by atoms with Gasteiger partial charge in [0.15, 0.2) is 5.76 Å². The summed E-state index contributed by atoms with van der Waals surface area (Å²) < 4.78 is 21.1. The molecule has 1 aliphatic heterocycles. The minimum atomic E-state index is -0.352. The van der Waals surface area contributed by atoms with Crippen LogP contribution in [0.1, 0.15) is 40.6 Å². The number of piperidine rings is 1. The quantitative estimate of drug-likeness (QED) is 0.759. The maximum atomic E-state index is 13.5. The maximum absolute atomic E-state index is 13.5. The second-order valence-corrected chi connectivity index (χ2v) is 7.31. The Labute approximate surface area is 156 Å². The molecule has 1 saturated heterocycles. The highest BCUT2D eigenvalue weighted by molar-refractivity contribution is 6.06. The minimum Gasteiger partial charge on any atom is -0.451 e. The van der Waals surface area contributed by atoms with E-state index in [9.17, 15) is 9.18 Å². The molecule has 4 rings (SSSR count). The van der Waals surface area contributed by atoms with Gasteiger partial charge in [-0.2, -0.15) is 5.10 Å². The number of amides is 1. The molecule has 3 aromatic rings. The van der Waals surface area contributed by atoms with Crippen LogP contribution in [-0.2, 0) is 0 Å². The van der Waals surface area contributed by atoms with Gasteiger partial charge in [0, 0.05) is 16.5 Å². The Kier molecular flexibility index (Phi) is 4.47. The van der Waals surface area contributed by atoms with Gasteiger partial charge in [-0.15, -0.1) is 0 Å². The molecule has 3 heterocycles. The van der Waals surface area contributed by atoms with E-state index in [0.29, 0.717) is 22.4 Å². The maximum Gasteiger partial charge on any atom is 0.292 e. The highest BCUT2D eigenvalue weighted by Crippen LogP contribution is 2.29. The van der Waals surface area contributed by atoms with Crippen molar-refractivity contribution in [2.24, 2.45) is 0 Å². The van der Waals surface area contributed by atoms with Gasteiger partial charge >= 0.3 is 0 Å². The Morgan fingerprint density at radius 2 is 2.04 bits per heavy atom. The number of anilines is 1. The number of nitrogens with zero attached hydrogens (tertiary/aromatic N) is 3. The van der Waals surface area contributed by atoms with Gasteiger partial charge in [0.05, 0.1) is 12.2 Å². The molecule has 142 valence electrons. The third-order valence-electron chi connectivity index (χ3n) is 5.35. The van der Waals surface area contributed by atoms with Gasteiger partial charge in [0.25, 0.3) is 5.91 Å². The molecule has 1 aliphatic rings. The second kappa shape index (κ2) is 6.81. The lowest BCUT2D eigenvalue weighted by Gasteiger charge is -2.30. The second-order valence-electron chi connectivity index (χ2n) is 7.31. The van der Waals surface area contributed by atoms with Crippen LogP contribution >= 0.6 is 0 Å². The number of hydrogen-bond donors (Lipinski definition) is 1. The van der Waals surface area contributed by atoms with Crippen LogP contribution in [0.15, 0.2) is 28.8 Å². The predicted molar refractivity (Wildman–Crippen MR) is 102 cm³/mol. The van der Waals surface area contributed by atoms with Gasteiger partial charge < -0.3 is 14.6 Å². The van der Waals surface area contributed by atoms with Crippen LogP contribution in [0.2, 0.25) is 0 Å². The first-order valence-corrected chi connectivity index (χ1v) is 9.16. The van der Waals surface area contributed by atoms with Crippen molar-refractivity contribution in [3.05, 3.63) is 47.1 Å². The van der Waals surface area contributed by atoms with E-state index in [1.807, 2.05) is 11.6 Å². The summed E-state index contributed by atoms with van der Waals surface area (Å²) in [4.78, 5) is 15.2. The third kappa shape index (κ3) is 3.23. The molecule has 27 heavy (non-hydrogen) atoms. The number of furan rings is 1. The number of carbonyl (C=O) groups is 1. The third-order valence-corrected chi connectivity index (χ3v) is 5.35.